The molecule has 1 unspecified atom stereocenters. The van der Waals surface area contributed by atoms with Gasteiger partial charge in [0.1, 0.15) is 6.10 Å². The largest absolute Gasteiger partial charge is 0.412 e. The van der Waals surface area contributed by atoms with Crippen LogP contribution in [0.15, 0.2) is 0 Å². The molecule has 0 bridgehead atoms. The number of Topliss-reactive ketones (excluding diaryl/α,β-unsaturated/α-hetero) is 1. The Morgan fingerprint density at radius 3 is 2.50 bits per heavy atom. The van der Waals surface area contributed by atoms with Crippen LogP contribution in [-0.2, 0) is 14.3 Å². The average molecular weight is 148 g/mol. The molecule has 0 rings (SSSR count). The van der Waals surface area contributed by atoms with Crippen molar-refractivity contribution in [3.05, 3.63) is 0 Å². The van der Waals surface area contributed by atoms with E-state index in [9.17, 15) is 9.59 Å². The molecule has 0 heterocycles. The van der Waals surface area contributed by atoms with E-state index in [0.29, 0.717) is 6.61 Å². The molecule has 0 aliphatic heterocycles. The van der Waals surface area contributed by atoms with Crippen LogP contribution in [0.25, 0.3) is 0 Å². The Hall–Kier alpha value is -0.740. The molecule has 60 valence electrons. The van der Waals surface area contributed by atoms with Gasteiger partial charge in [-0.2, -0.15) is 0 Å². The Morgan fingerprint density at radius 1 is 1.70 bits per heavy atom. The van der Waals surface area contributed by atoms with Crippen LogP contribution in [-0.4, -0.2) is 30.3 Å². The molecule has 1 atom stereocenters. The van der Waals surface area contributed by atoms with Gasteiger partial charge in [-0.1, -0.05) is 0 Å². The van der Waals surface area contributed by atoms with Crippen LogP contribution >= 0.6 is 0 Å². The topological polar surface area (TPSA) is 74.9 Å². The van der Waals surface area contributed by atoms with Crippen LogP contribution in [0.2, 0.25) is 0 Å². The molecule has 4 heteroatoms. The Morgan fingerprint density at radius 2 is 2.20 bits per heavy atom. The molecule has 0 aliphatic rings. The summed E-state index contributed by atoms with van der Waals surface area (Å²) in [4.78, 5) is 20.2. The lowest BCUT2D eigenvalue weighted by atomic mass is 10.3. The van der Waals surface area contributed by atoms with E-state index in [1.807, 2.05) is 0 Å². The number of carbonyl (C=O) groups is 2. The molecule has 10 heavy (non-hydrogen) atoms. The minimum atomic E-state index is -0.576. The summed E-state index contributed by atoms with van der Waals surface area (Å²) >= 11 is 0. The highest BCUT2D eigenvalue weighted by molar-refractivity contribution is 6.26. The standard InChI is InChI=1S/C6H10O3.H2O/c1-3-9-5(2)6(8)4-7;/h4-5H,3H2,1-2H3;1H2. The highest BCUT2D eigenvalue weighted by Crippen LogP contribution is 1.88. The van der Waals surface area contributed by atoms with E-state index in [0.717, 1.165) is 0 Å². The maximum absolute atomic E-state index is 10.4. The maximum atomic E-state index is 10.4. The number of hydrogen-bond acceptors (Lipinski definition) is 3. The molecule has 2 N–H and O–H groups in total. The van der Waals surface area contributed by atoms with Gasteiger partial charge in [-0.05, 0) is 13.8 Å². The molecule has 0 saturated carbocycles. The lowest BCUT2D eigenvalue weighted by Gasteiger charge is -2.03. The van der Waals surface area contributed by atoms with Gasteiger partial charge >= 0.3 is 0 Å². The summed E-state index contributed by atoms with van der Waals surface area (Å²) in [6.07, 6.45) is -0.298. The monoisotopic (exact) mass is 148 g/mol. The minimum absolute atomic E-state index is 0. The van der Waals surface area contributed by atoms with Crippen LogP contribution < -0.4 is 0 Å². The van der Waals surface area contributed by atoms with E-state index < -0.39 is 11.9 Å². The SMILES string of the molecule is CCOC(C)C(=O)C=O.O. The van der Waals surface area contributed by atoms with Gasteiger partial charge in [0, 0.05) is 6.61 Å². The molecule has 0 radical (unpaired) electrons. The van der Waals surface area contributed by atoms with Crippen molar-refractivity contribution >= 4 is 12.1 Å². The van der Waals surface area contributed by atoms with Crippen molar-refractivity contribution < 1.29 is 19.8 Å². The molecule has 0 saturated heterocycles. The van der Waals surface area contributed by atoms with E-state index in [2.05, 4.69) is 0 Å². The van der Waals surface area contributed by atoms with Gasteiger partial charge in [0.15, 0.2) is 6.29 Å². The Kier molecular flexibility index (Phi) is 7.65. The number of aldehydes is 1. The lowest BCUT2D eigenvalue weighted by molar-refractivity contribution is -0.137. The van der Waals surface area contributed by atoms with Gasteiger partial charge in [-0.3, -0.25) is 9.59 Å². The summed E-state index contributed by atoms with van der Waals surface area (Å²) in [5.41, 5.74) is 0. The van der Waals surface area contributed by atoms with Crippen molar-refractivity contribution in [2.45, 2.75) is 20.0 Å². The number of carbonyl (C=O) groups excluding carboxylic acids is 2. The fraction of sp³-hybridized carbons (Fsp3) is 0.667. The molecule has 0 amide bonds. The zero-order valence-corrected chi connectivity index (χ0v) is 6.09. The molecule has 0 aromatic rings. The van der Waals surface area contributed by atoms with Crippen molar-refractivity contribution in [1.82, 2.24) is 0 Å². The summed E-state index contributed by atoms with van der Waals surface area (Å²) in [5, 5.41) is 0. The zero-order chi connectivity index (χ0) is 7.28. The van der Waals surface area contributed by atoms with Crippen LogP contribution in [0.3, 0.4) is 0 Å². The fourth-order valence-electron chi connectivity index (χ4n) is 0.428. The summed E-state index contributed by atoms with van der Waals surface area (Å²) in [6, 6.07) is 0. The smallest absolute Gasteiger partial charge is 0.223 e. The van der Waals surface area contributed by atoms with E-state index >= 15 is 0 Å². The maximum Gasteiger partial charge on any atom is 0.223 e. The summed E-state index contributed by atoms with van der Waals surface area (Å²) < 4.78 is 4.81. The second-order valence-corrected chi connectivity index (χ2v) is 1.62. The van der Waals surface area contributed by atoms with Gasteiger partial charge in [-0.15, -0.1) is 0 Å². The number of ketones is 1. The number of ether oxygens (including phenoxy) is 1. The Labute approximate surface area is 59.5 Å². The van der Waals surface area contributed by atoms with Crippen LogP contribution in [0.1, 0.15) is 13.8 Å². The van der Waals surface area contributed by atoms with Crippen LogP contribution in [0.5, 0.6) is 0 Å². The molecule has 0 aliphatic carbocycles. The third-order valence-electron chi connectivity index (χ3n) is 0.933. The first-order chi connectivity index (χ1) is 4.22. The number of hydrogen-bond donors (Lipinski definition) is 0. The van der Waals surface area contributed by atoms with E-state index in [1.165, 1.54) is 0 Å². The predicted octanol–water partition coefficient (Wildman–Crippen LogP) is -0.645. The zero-order valence-electron chi connectivity index (χ0n) is 6.09. The quantitative estimate of drug-likeness (QED) is 0.393. The van der Waals surface area contributed by atoms with Crippen LogP contribution in [0, 0.1) is 0 Å². The molecule has 0 spiro atoms. The minimum Gasteiger partial charge on any atom is -0.412 e. The highest BCUT2D eigenvalue weighted by atomic mass is 16.5. The molecule has 0 fully saturated rings. The van der Waals surface area contributed by atoms with E-state index in [-0.39, 0.29) is 11.8 Å². The highest BCUT2D eigenvalue weighted by Gasteiger charge is 2.09. The molecule has 4 nitrogen and oxygen atoms in total. The molecular formula is C6H12O4. The second kappa shape index (κ2) is 6.38. The first-order valence-corrected chi connectivity index (χ1v) is 2.83. The number of rotatable bonds is 4. The van der Waals surface area contributed by atoms with Crippen LogP contribution in [0.4, 0.5) is 0 Å². The Bertz CT molecular complexity index is 110. The summed E-state index contributed by atoms with van der Waals surface area (Å²) in [7, 11) is 0. The van der Waals surface area contributed by atoms with Crippen molar-refractivity contribution in [2.24, 2.45) is 0 Å². The van der Waals surface area contributed by atoms with Crippen molar-refractivity contribution in [3.63, 3.8) is 0 Å². The van der Waals surface area contributed by atoms with Crippen molar-refractivity contribution in [2.75, 3.05) is 6.61 Å². The molecule has 0 aromatic carbocycles. The van der Waals surface area contributed by atoms with Gasteiger partial charge in [0.2, 0.25) is 5.78 Å². The first-order valence-electron chi connectivity index (χ1n) is 2.83. The van der Waals surface area contributed by atoms with E-state index in [4.69, 9.17) is 4.74 Å². The Balaban J connectivity index is 0. The average Bonchev–Trinajstić information content (AvgIpc) is 1.87. The predicted molar refractivity (Wildman–Crippen MR) is 35.8 cm³/mol. The molecule has 0 aromatic heterocycles. The normalized spacial score (nSPS) is 11.4. The first kappa shape index (κ1) is 12.0. The van der Waals surface area contributed by atoms with Gasteiger partial charge in [-0.25, -0.2) is 0 Å². The van der Waals surface area contributed by atoms with Gasteiger partial charge in [0.05, 0.1) is 0 Å². The van der Waals surface area contributed by atoms with E-state index in [1.54, 1.807) is 13.8 Å². The third-order valence-corrected chi connectivity index (χ3v) is 0.933. The third kappa shape index (κ3) is 4.17. The van der Waals surface area contributed by atoms with Crippen molar-refractivity contribution in [3.8, 4) is 0 Å². The second-order valence-electron chi connectivity index (χ2n) is 1.62. The molecular weight excluding hydrogens is 136 g/mol. The lowest BCUT2D eigenvalue weighted by Crippen LogP contribution is -2.21. The van der Waals surface area contributed by atoms with Crippen molar-refractivity contribution in [1.29, 1.82) is 0 Å². The summed E-state index contributed by atoms with van der Waals surface area (Å²) in [5.74, 6) is -0.503. The van der Waals surface area contributed by atoms with Gasteiger partial charge < -0.3 is 10.2 Å². The summed E-state index contributed by atoms with van der Waals surface area (Å²) in [6.45, 7) is 3.79. The van der Waals surface area contributed by atoms with Gasteiger partial charge in [0.25, 0.3) is 0 Å². The fourth-order valence-corrected chi connectivity index (χ4v) is 0.428.